The second-order valence-electron chi connectivity index (χ2n) is 8.47. The van der Waals surface area contributed by atoms with E-state index in [-0.39, 0.29) is 16.4 Å². The number of benzene rings is 2. The molecule has 2 aliphatic rings. The highest BCUT2D eigenvalue weighted by Gasteiger charge is 2.40. The maximum absolute atomic E-state index is 4.52. The van der Waals surface area contributed by atoms with E-state index in [1.165, 1.54) is 73.6 Å². The normalized spacial score (nSPS) is 21.8. The highest BCUT2D eigenvalue weighted by Crippen LogP contribution is 2.49. The first-order valence-corrected chi connectivity index (χ1v) is 11.6. The summed E-state index contributed by atoms with van der Waals surface area (Å²) in [6, 6.07) is 20.8. The molecule has 0 spiro atoms. The molecule has 4 rings (SSSR count). The van der Waals surface area contributed by atoms with Gasteiger partial charge in [-0.3, -0.25) is 0 Å². The maximum Gasteiger partial charge on any atom is 0.0202 e. The average Bonchev–Trinajstić information content (AvgIpc) is 2.72. The third-order valence-corrected chi connectivity index (χ3v) is 7.05. The summed E-state index contributed by atoms with van der Waals surface area (Å²) in [6.07, 6.45) is 10.5. The molecule has 2 aromatic rings. The molecule has 0 aromatic heterocycles. The molecule has 2 atom stereocenters. The third kappa shape index (κ3) is 5.04. The van der Waals surface area contributed by atoms with E-state index in [4.69, 9.17) is 0 Å². The van der Waals surface area contributed by atoms with Crippen LogP contribution in [0, 0.1) is 5.92 Å². The fourth-order valence-electron chi connectivity index (χ4n) is 5.35. The Labute approximate surface area is 184 Å². The van der Waals surface area contributed by atoms with Gasteiger partial charge >= 0.3 is 0 Å². The minimum atomic E-state index is 0. The third-order valence-electron chi connectivity index (χ3n) is 7.05. The van der Waals surface area contributed by atoms with Crippen molar-refractivity contribution in [2.24, 2.45) is 5.92 Å². The molecule has 2 heteroatoms. The van der Waals surface area contributed by atoms with Crippen LogP contribution in [0.3, 0.4) is 0 Å². The summed E-state index contributed by atoms with van der Waals surface area (Å²) in [4.78, 5) is 0. The monoisotopic (exact) mass is 410 g/mol. The Balaban J connectivity index is 0.00000109. The van der Waals surface area contributed by atoms with Crippen LogP contribution in [-0.2, 0) is 5.41 Å². The lowest BCUT2D eigenvalue weighted by molar-refractivity contribution is 0.301. The lowest BCUT2D eigenvalue weighted by atomic mass is 9.60. The predicted molar refractivity (Wildman–Crippen MR) is 130 cm³/mol. The summed E-state index contributed by atoms with van der Waals surface area (Å²) < 4.78 is 0. The van der Waals surface area contributed by atoms with Crippen molar-refractivity contribution in [3.05, 3.63) is 83.4 Å². The predicted octanol–water partition coefficient (Wildman–Crippen LogP) is 6.77. The van der Waals surface area contributed by atoms with E-state index in [2.05, 4.69) is 68.1 Å². The number of hydrogen-bond donors (Lipinski definition) is 0. The summed E-state index contributed by atoms with van der Waals surface area (Å²) in [6.45, 7) is 10.8. The van der Waals surface area contributed by atoms with Gasteiger partial charge in [0.25, 0.3) is 0 Å². The lowest BCUT2D eigenvalue weighted by Crippen LogP contribution is -2.35. The molecule has 2 saturated carbocycles. The Kier molecular flexibility index (Phi) is 10.5. The van der Waals surface area contributed by atoms with Gasteiger partial charge in [-0.25, -0.2) is 0 Å². The number of rotatable bonds is 5. The van der Waals surface area contributed by atoms with Crippen molar-refractivity contribution >= 4 is 0 Å². The van der Waals surface area contributed by atoms with E-state index < -0.39 is 0 Å². The minimum Gasteiger partial charge on any atom is -0.412 e. The zero-order chi connectivity index (χ0) is 20.0. The van der Waals surface area contributed by atoms with Crippen LogP contribution in [0.4, 0.5) is 0 Å². The standard InChI is InChI=1S/C26H32.C2H6.2H2O/c1-3-9-21-10-7-13-25(20(21)2)22-14-16-24(17-15-22)26(18-8-19-26)23-11-5-4-6-12-23;1-2;;/h4-6,11-12,14-17,21,25H,2-3,7-10,13,18-19H2,1H3;1-2H3;2*1H2. The summed E-state index contributed by atoms with van der Waals surface area (Å²) in [5.41, 5.74) is 6.23. The van der Waals surface area contributed by atoms with Crippen LogP contribution < -0.4 is 0 Å². The Bertz CT molecular complexity index is 742. The molecule has 2 aromatic carbocycles. The van der Waals surface area contributed by atoms with Crippen LogP contribution in [0.2, 0.25) is 0 Å². The lowest BCUT2D eigenvalue weighted by Gasteiger charge is -2.43. The van der Waals surface area contributed by atoms with Crippen LogP contribution in [0.25, 0.3) is 0 Å². The number of allylic oxidation sites excluding steroid dienone is 1. The van der Waals surface area contributed by atoms with Gasteiger partial charge in [0, 0.05) is 11.3 Å². The van der Waals surface area contributed by atoms with Gasteiger partial charge in [0.2, 0.25) is 0 Å². The van der Waals surface area contributed by atoms with E-state index in [9.17, 15) is 0 Å². The van der Waals surface area contributed by atoms with Gasteiger partial charge in [-0.05, 0) is 54.7 Å². The zero-order valence-corrected chi connectivity index (χ0v) is 19.2. The summed E-state index contributed by atoms with van der Waals surface area (Å²) >= 11 is 0. The van der Waals surface area contributed by atoms with Crippen molar-refractivity contribution in [2.45, 2.75) is 83.5 Å². The summed E-state index contributed by atoms with van der Waals surface area (Å²) in [5.74, 6) is 1.31. The fourth-order valence-corrected chi connectivity index (χ4v) is 5.35. The van der Waals surface area contributed by atoms with Crippen molar-refractivity contribution in [1.82, 2.24) is 0 Å². The smallest absolute Gasteiger partial charge is 0.0202 e. The quantitative estimate of drug-likeness (QED) is 0.488. The minimum absolute atomic E-state index is 0. The van der Waals surface area contributed by atoms with Crippen molar-refractivity contribution in [1.29, 1.82) is 0 Å². The van der Waals surface area contributed by atoms with Crippen LogP contribution in [-0.4, -0.2) is 11.0 Å². The molecule has 2 fully saturated rings. The van der Waals surface area contributed by atoms with Crippen molar-refractivity contribution in [2.75, 3.05) is 0 Å². The first-order valence-electron chi connectivity index (χ1n) is 11.6. The zero-order valence-electron chi connectivity index (χ0n) is 19.2. The molecule has 2 nitrogen and oxygen atoms in total. The fraction of sp³-hybridized carbons (Fsp3) is 0.500. The van der Waals surface area contributed by atoms with Gasteiger partial charge in [-0.15, -0.1) is 0 Å². The van der Waals surface area contributed by atoms with Crippen LogP contribution in [0.15, 0.2) is 66.7 Å². The van der Waals surface area contributed by atoms with Crippen LogP contribution in [0.5, 0.6) is 0 Å². The first kappa shape index (κ1) is 26.1. The first-order chi connectivity index (χ1) is 13.7. The Hall–Kier alpha value is -1.90. The van der Waals surface area contributed by atoms with Gasteiger partial charge in [0.1, 0.15) is 0 Å². The molecule has 166 valence electrons. The molecule has 0 amide bonds. The molecule has 4 N–H and O–H groups in total. The Morgan fingerprint density at radius 3 is 1.97 bits per heavy atom. The van der Waals surface area contributed by atoms with E-state index >= 15 is 0 Å². The van der Waals surface area contributed by atoms with E-state index in [0.717, 1.165) is 5.92 Å². The molecule has 0 saturated heterocycles. The molecule has 0 radical (unpaired) electrons. The van der Waals surface area contributed by atoms with E-state index in [1.54, 1.807) is 0 Å². The molecular weight excluding hydrogens is 368 g/mol. The Morgan fingerprint density at radius 1 is 0.833 bits per heavy atom. The Morgan fingerprint density at radius 2 is 1.43 bits per heavy atom. The second kappa shape index (κ2) is 12.1. The maximum atomic E-state index is 4.52. The van der Waals surface area contributed by atoms with Gasteiger partial charge in [-0.1, -0.05) is 107 Å². The average molecular weight is 411 g/mol. The molecule has 0 aliphatic heterocycles. The molecule has 30 heavy (non-hydrogen) atoms. The SMILES string of the molecule is C=C1C(CCC)CCCC1c1ccc(C2(c3ccccc3)CCC2)cc1.CC.O.O. The van der Waals surface area contributed by atoms with Gasteiger partial charge in [0.15, 0.2) is 0 Å². The largest absolute Gasteiger partial charge is 0.412 e. The highest BCUT2D eigenvalue weighted by atomic mass is 16.0. The number of hydrogen-bond acceptors (Lipinski definition) is 0. The second-order valence-corrected chi connectivity index (χ2v) is 8.47. The van der Waals surface area contributed by atoms with Crippen molar-refractivity contribution in [3.63, 3.8) is 0 Å². The van der Waals surface area contributed by atoms with E-state index in [0.29, 0.717) is 5.92 Å². The topological polar surface area (TPSA) is 63.0 Å². The van der Waals surface area contributed by atoms with Crippen LogP contribution in [0.1, 0.15) is 94.7 Å². The van der Waals surface area contributed by atoms with Gasteiger partial charge in [0.05, 0.1) is 0 Å². The summed E-state index contributed by atoms with van der Waals surface area (Å²) in [7, 11) is 0. The van der Waals surface area contributed by atoms with Crippen molar-refractivity contribution < 1.29 is 11.0 Å². The molecule has 0 bridgehead atoms. The molecule has 2 unspecified atom stereocenters. The molecular formula is C28H42O2. The van der Waals surface area contributed by atoms with Gasteiger partial charge in [-0.2, -0.15) is 0 Å². The van der Waals surface area contributed by atoms with E-state index in [1.807, 2.05) is 13.8 Å². The molecule has 2 aliphatic carbocycles. The van der Waals surface area contributed by atoms with Crippen LogP contribution >= 0.6 is 0 Å². The van der Waals surface area contributed by atoms with Crippen molar-refractivity contribution in [3.8, 4) is 0 Å². The van der Waals surface area contributed by atoms with Gasteiger partial charge < -0.3 is 11.0 Å². The highest BCUT2D eigenvalue weighted by molar-refractivity contribution is 5.44. The summed E-state index contributed by atoms with van der Waals surface area (Å²) in [5, 5.41) is 0. The molecule has 0 heterocycles.